The van der Waals surface area contributed by atoms with Crippen LogP contribution in [-0.2, 0) is 4.79 Å². The van der Waals surface area contributed by atoms with E-state index in [-0.39, 0.29) is 5.91 Å². The molecule has 3 rings (SSSR count). The number of halogens is 1. The van der Waals surface area contributed by atoms with Crippen LogP contribution in [-0.4, -0.2) is 16.6 Å². The van der Waals surface area contributed by atoms with Crippen LogP contribution in [0.5, 0.6) is 0 Å². The van der Waals surface area contributed by atoms with Crippen molar-refractivity contribution in [3.05, 3.63) is 65.0 Å². The zero-order chi connectivity index (χ0) is 16.1. The number of benzene rings is 2. The summed E-state index contributed by atoms with van der Waals surface area (Å²) in [5, 5.41) is 6.05. The molecular weight excluding hydrogens is 348 g/mol. The Morgan fingerprint density at radius 3 is 2.61 bits per heavy atom. The van der Waals surface area contributed by atoms with Gasteiger partial charge in [-0.1, -0.05) is 41.9 Å². The molecular formula is C17H13ClN2OS2. The molecule has 3 nitrogen and oxygen atoms in total. The Labute approximate surface area is 147 Å². The van der Waals surface area contributed by atoms with E-state index >= 15 is 0 Å². The zero-order valence-electron chi connectivity index (χ0n) is 12.0. The van der Waals surface area contributed by atoms with Crippen molar-refractivity contribution in [1.29, 1.82) is 0 Å². The Bertz CT molecular complexity index is 788. The number of carbonyl (C=O) groups excluding carboxylic acids is 1. The highest BCUT2D eigenvalue weighted by atomic mass is 35.5. The van der Waals surface area contributed by atoms with E-state index in [4.69, 9.17) is 11.6 Å². The molecule has 1 aromatic heterocycles. The monoisotopic (exact) mass is 360 g/mol. The first-order valence-corrected chi connectivity index (χ1v) is 9.14. The van der Waals surface area contributed by atoms with Crippen LogP contribution in [0.3, 0.4) is 0 Å². The number of hydrogen-bond donors (Lipinski definition) is 1. The van der Waals surface area contributed by atoms with Crippen molar-refractivity contribution in [1.82, 2.24) is 4.98 Å². The standard InChI is InChI=1S/C17H13ClN2OS2/c18-13-8-6-12(7-9-13)15-10-23-17(19-15)20-16(21)11-22-14-4-2-1-3-5-14/h1-10H,11H2,(H,19,20,21). The highest BCUT2D eigenvalue weighted by molar-refractivity contribution is 8.00. The van der Waals surface area contributed by atoms with Crippen molar-refractivity contribution in [3.8, 4) is 11.3 Å². The Morgan fingerprint density at radius 1 is 1.13 bits per heavy atom. The Balaban J connectivity index is 1.58. The van der Waals surface area contributed by atoms with Crippen LogP contribution in [0.4, 0.5) is 5.13 Å². The first-order valence-electron chi connectivity index (χ1n) is 6.90. The maximum Gasteiger partial charge on any atom is 0.236 e. The molecule has 2 aromatic carbocycles. The average molecular weight is 361 g/mol. The lowest BCUT2D eigenvalue weighted by Gasteiger charge is -2.02. The number of thioether (sulfide) groups is 1. The molecule has 6 heteroatoms. The fourth-order valence-corrected chi connectivity index (χ4v) is 3.49. The third-order valence-electron chi connectivity index (χ3n) is 3.00. The molecule has 0 aliphatic heterocycles. The Hall–Kier alpha value is -1.82. The van der Waals surface area contributed by atoms with Gasteiger partial charge in [0.25, 0.3) is 0 Å². The van der Waals surface area contributed by atoms with Crippen molar-refractivity contribution in [3.63, 3.8) is 0 Å². The first-order chi connectivity index (χ1) is 11.2. The van der Waals surface area contributed by atoms with Gasteiger partial charge in [0.2, 0.25) is 5.91 Å². The van der Waals surface area contributed by atoms with Crippen LogP contribution < -0.4 is 5.32 Å². The minimum Gasteiger partial charge on any atom is -0.301 e. The van der Waals surface area contributed by atoms with Gasteiger partial charge in [-0.25, -0.2) is 4.98 Å². The second-order valence-electron chi connectivity index (χ2n) is 4.69. The number of thiazole rings is 1. The van der Waals surface area contributed by atoms with Gasteiger partial charge in [-0.05, 0) is 24.3 Å². The normalized spacial score (nSPS) is 10.5. The van der Waals surface area contributed by atoms with E-state index in [0.29, 0.717) is 15.9 Å². The maximum atomic E-state index is 12.0. The van der Waals surface area contributed by atoms with Crippen LogP contribution in [0.15, 0.2) is 64.9 Å². The molecule has 0 atom stereocenters. The van der Waals surface area contributed by atoms with Gasteiger partial charge in [-0.2, -0.15) is 0 Å². The first kappa shape index (κ1) is 16.1. The molecule has 0 radical (unpaired) electrons. The molecule has 0 saturated carbocycles. The third kappa shape index (κ3) is 4.58. The summed E-state index contributed by atoms with van der Waals surface area (Å²) in [6.07, 6.45) is 0. The lowest BCUT2D eigenvalue weighted by Crippen LogP contribution is -2.13. The summed E-state index contributed by atoms with van der Waals surface area (Å²) in [5.74, 6) is 0.302. The Morgan fingerprint density at radius 2 is 1.87 bits per heavy atom. The number of amides is 1. The lowest BCUT2D eigenvalue weighted by molar-refractivity contribution is -0.113. The van der Waals surface area contributed by atoms with E-state index in [2.05, 4.69) is 10.3 Å². The number of anilines is 1. The van der Waals surface area contributed by atoms with Gasteiger partial charge < -0.3 is 5.32 Å². The van der Waals surface area contributed by atoms with Gasteiger partial charge in [0.05, 0.1) is 11.4 Å². The minimum atomic E-state index is -0.0594. The van der Waals surface area contributed by atoms with E-state index in [0.717, 1.165) is 16.2 Å². The van der Waals surface area contributed by atoms with E-state index in [1.807, 2.05) is 60.0 Å². The second-order valence-corrected chi connectivity index (χ2v) is 7.04. The van der Waals surface area contributed by atoms with E-state index in [1.165, 1.54) is 23.1 Å². The minimum absolute atomic E-state index is 0.0594. The van der Waals surface area contributed by atoms with Crippen LogP contribution in [0.25, 0.3) is 11.3 Å². The van der Waals surface area contributed by atoms with Crippen molar-refractivity contribution in [2.75, 3.05) is 11.1 Å². The molecule has 0 unspecified atom stereocenters. The average Bonchev–Trinajstić information content (AvgIpc) is 3.03. The quantitative estimate of drug-likeness (QED) is 0.636. The molecule has 1 N–H and O–H groups in total. The number of nitrogens with zero attached hydrogens (tertiary/aromatic N) is 1. The van der Waals surface area contributed by atoms with Gasteiger partial charge >= 0.3 is 0 Å². The fourth-order valence-electron chi connectivity index (χ4n) is 1.91. The van der Waals surface area contributed by atoms with E-state index in [1.54, 1.807) is 0 Å². The molecule has 0 saturated heterocycles. The molecule has 116 valence electrons. The molecule has 1 amide bonds. The van der Waals surface area contributed by atoms with Gasteiger partial charge in [-0.15, -0.1) is 23.1 Å². The Kier molecular flexibility index (Phi) is 5.33. The van der Waals surface area contributed by atoms with E-state index in [9.17, 15) is 4.79 Å². The molecule has 0 fully saturated rings. The number of carbonyl (C=O) groups is 1. The second kappa shape index (κ2) is 7.64. The van der Waals surface area contributed by atoms with Crippen molar-refractivity contribution in [2.24, 2.45) is 0 Å². The highest BCUT2D eigenvalue weighted by Gasteiger charge is 2.08. The van der Waals surface area contributed by atoms with Crippen LogP contribution in [0.1, 0.15) is 0 Å². The van der Waals surface area contributed by atoms with Gasteiger partial charge in [0.1, 0.15) is 0 Å². The molecule has 23 heavy (non-hydrogen) atoms. The van der Waals surface area contributed by atoms with Crippen molar-refractivity contribution in [2.45, 2.75) is 4.90 Å². The number of hydrogen-bond acceptors (Lipinski definition) is 4. The van der Waals surface area contributed by atoms with Gasteiger partial charge in [0.15, 0.2) is 5.13 Å². The summed E-state index contributed by atoms with van der Waals surface area (Å²) < 4.78 is 0. The van der Waals surface area contributed by atoms with E-state index < -0.39 is 0 Å². The zero-order valence-corrected chi connectivity index (χ0v) is 14.4. The number of nitrogens with one attached hydrogen (secondary N) is 1. The molecule has 0 aliphatic carbocycles. The van der Waals surface area contributed by atoms with Crippen LogP contribution >= 0.6 is 34.7 Å². The van der Waals surface area contributed by atoms with Crippen LogP contribution in [0, 0.1) is 0 Å². The molecule has 3 aromatic rings. The number of aromatic nitrogens is 1. The van der Waals surface area contributed by atoms with Crippen molar-refractivity contribution < 1.29 is 4.79 Å². The smallest absolute Gasteiger partial charge is 0.236 e. The number of rotatable bonds is 5. The predicted molar refractivity (Wildman–Crippen MR) is 98.4 cm³/mol. The predicted octanol–water partition coefficient (Wildman–Crippen LogP) is 5.19. The SMILES string of the molecule is O=C(CSc1ccccc1)Nc1nc(-c2ccc(Cl)cc2)cs1. The summed E-state index contributed by atoms with van der Waals surface area (Å²) in [4.78, 5) is 17.5. The lowest BCUT2D eigenvalue weighted by atomic mass is 10.2. The largest absolute Gasteiger partial charge is 0.301 e. The summed E-state index contributed by atoms with van der Waals surface area (Å²) in [6, 6.07) is 17.3. The topological polar surface area (TPSA) is 42.0 Å². The summed E-state index contributed by atoms with van der Waals surface area (Å²) in [5.41, 5.74) is 1.81. The maximum absolute atomic E-state index is 12.0. The third-order valence-corrected chi connectivity index (χ3v) is 5.03. The summed E-state index contributed by atoms with van der Waals surface area (Å²) in [7, 11) is 0. The van der Waals surface area contributed by atoms with Crippen molar-refractivity contribution >= 4 is 45.7 Å². The molecule has 0 spiro atoms. The fraction of sp³-hybridized carbons (Fsp3) is 0.0588. The van der Waals surface area contributed by atoms with Gasteiger partial charge in [-0.3, -0.25) is 4.79 Å². The highest BCUT2D eigenvalue weighted by Crippen LogP contribution is 2.26. The summed E-state index contributed by atoms with van der Waals surface area (Å²) >= 11 is 8.80. The summed E-state index contributed by atoms with van der Waals surface area (Å²) in [6.45, 7) is 0. The molecule has 1 heterocycles. The molecule has 0 bridgehead atoms. The van der Waals surface area contributed by atoms with Gasteiger partial charge in [0, 0.05) is 20.9 Å². The molecule has 0 aliphatic rings. The van der Waals surface area contributed by atoms with Crippen LogP contribution in [0.2, 0.25) is 5.02 Å².